The molecule has 0 bridgehead atoms. The highest BCUT2D eigenvalue weighted by Crippen LogP contribution is 2.21. The van der Waals surface area contributed by atoms with Crippen molar-refractivity contribution >= 4 is 5.71 Å². The molecule has 0 rings (SSSR count). The summed E-state index contributed by atoms with van der Waals surface area (Å²) in [5.41, 5.74) is 0.935. The molecule has 0 saturated carbocycles. The molecule has 0 aromatic heterocycles. The molecule has 1 unspecified atom stereocenters. The summed E-state index contributed by atoms with van der Waals surface area (Å²) in [7, 11) is 0. The molecule has 0 aliphatic carbocycles. The van der Waals surface area contributed by atoms with Gasteiger partial charge in [0.05, 0.1) is 0 Å². The lowest BCUT2D eigenvalue weighted by Crippen LogP contribution is -2.25. The van der Waals surface area contributed by atoms with Gasteiger partial charge in [-0.3, -0.25) is 0 Å². The van der Waals surface area contributed by atoms with E-state index in [2.05, 4.69) is 34.6 Å². The molecular weight excluding hydrogens is 122 g/mol. The van der Waals surface area contributed by atoms with Crippen LogP contribution in [0.15, 0.2) is 0 Å². The summed E-state index contributed by atoms with van der Waals surface area (Å²) >= 11 is 0. The lowest BCUT2D eigenvalue weighted by Gasteiger charge is -2.24. The van der Waals surface area contributed by atoms with Gasteiger partial charge in [-0.05, 0) is 17.8 Å². The van der Waals surface area contributed by atoms with Crippen LogP contribution in [0.4, 0.5) is 0 Å². The topological polar surface area (TPSA) is 23.9 Å². The van der Waals surface area contributed by atoms with Crippen LogP contribution in [0.5, 0.6) is 0 Å². The summed E-state index contributed by atoms with van der Waals surface area (Å²) in [6.45, 7) is 10.5. The summed E-state index contributed by atoms with van der Waals surface area (Å²) in [6.07, 6.45) is 1.08. The molecule has 1 nitrogen and oxygen atoms in total. The van der Waals surface area contributed by atoms with Gasteiger partial charge in [0.25, 0.3) is 0 Å². The molecule has 1 heteroatoms. The van der Waals surface area contributed by atoms with E-state index in [1.807, 2.05) is 0 Å². The van der Waals surface area contributed by atoms with Crippen LogP contribution in [-0.4, -0.2) is 5.71 Å². The molecule has 0 aromatic rings. The first-order chi connectivity index (χ1) is 4.39. The number of nitrogens with one attached hydrogen (secondary N) is 1. The van der Waals surface area contributed by atoms with E-state index < -0.39 is 0 Å². The Hall–Kier alpha value is -0.330. The summed E-state index contributed by atoms with van der Waals surface area (Å²) in [5.74, 6) is 0.444. The number of rotatable bonds is 2. The predicted octanol–water partition coefficient (Wildman–Crippen LogP) is 3.10. The molecule has 0 amide bonds. The second-order valence-electron chi connectivity index (χ2n) is 3.97. The summed E-state index contributed by atoms with van der Waals surface area (Å²) < 4.78 is 0. The van der Waals surface area contributed by atoms with Crippen LogP contribution in [0.25, 0.3) is 0 Å². The Kier molecular flexibility index (Phi) is 3.07. The van der Waals surface area contributed by atoms with Gasteiger partial charge in [0, 0.05) is 5.71 Å². The highest BCUT2D eigenvalue weighted by molar-refractivity contribution is 5.88. The zero-order valence-electron chi connectivity index (χ0n) is 7.78. The van der Waals surface area contributed by atoms with Crippen LogP contribution in [0, 0.1) is 16.7 Å². The maximum atomic E-state index is 7.75. The molecule has 1 atom stereocenters. The van der Waals surface area contributed by atoms with Crippen molar-refractivity contribution in [3.05, 3.63) is 0 Å². The molecule has 0 radical (unpaired) electrons. The highest BCUT2D eigenvalue weighted by Gasteiger charge is 2.20. The normalized spacial score (nSPS) is 14.9. The van der Waals surface area contributed by atoms with Crippen LogP contribution in [0.3, 0.4) is 0 Å². The van der Waals surface area contributed by atoms with Gasteiger partial charge in [-0.25, -0.2) is 0 Å². The fourth-order valence-corrected chi connectivity index (χ4v) is 0.943. The standard InChI is InChI=1S/C9H19N/c1-6-7(2)8(10)9(3,4)5/h7,10H,6H2,1-5H3. The Morgan fingerprint density at radius 1 is 1.40 bits per heavy atom. The van der Waals surface area contributed by atoms with Gasteiger partial charge in [-0.15, -0.1) is 0 Å². The molecule has 0 fully saturated rings. The van der Waals surface area contributed by atoms with Crippen LogP contribution in [0.2, 0.25) is 0 Å². The van der Waals surface area contributed by atoms with Gasteiger partial charge in [0.2, 0.25) is 0 Å². The van der Waals surface area contributed by atoms with Crippen LogP contribution >= 0.6 is 0 Å². The van der Waals surface area contributed by atoms with E-state index in [9.17, 15) is 0 Å². The second kappa shape index (κ2) is 3.18. The van der Waals surface area contributed by atoms with E-state index in [4.69, 9.17) is 5.41 Å². The molecule has 10 heavy (non-hydrogen) atoms. The van der Waals surface area contributed by atoms with E-state index in [0.29, 0.717) is 5.92 Å². The number of hydrogen-bond donors (Lipinski definition) is 1. The van der Waals surface area contributed by atoms with E-state index in [-0.39, 0.29) is 5.41 Å². The van der Waals surface area contributed by atoms with Crippen molar-refractivity contribution in [1.82, 2.24) is 0 Å². The molecule has 0 aliphatic rings. The largest absolute Gasteiger partial charge is 0.309 e. The third-order valence-electron chi connectivity index (χ3n) is 1.91. The van der Waals surface area contributed by atoms with Crippen LogP contribution < -0.4 is 0 Å². The maximum Gasteiger partial charge on any atom is 0.0171 e. The summed E-state index contributed by atoms with van der Waals surface area (Å²) in [6, 6.07) is 0. The molecule has 0 saturated heterocycles. The van der Waals surface area contributed by atoms with Crippen molar-refractivity contribution in [2.24, 2.45) is 11.3 Å². The first-order valence-corrected chi connectivity index (χ1v) is 3.98. The molecule has 60 valence electrons. The third-order valence-corrected chi connectivity index (χ3v) is 1.91. The first kappa shape index (κ1) is 9.67. The molecule has 0 heterocycles. The average Bonchev–Trinajstić information content (AvgIpc) is 1.83. The molecule has 1 N–H and O–H groups in total. The van der Waals surface area contributed by atoms with E-state index in [1.54, 1.807) is 0 Å². The summed E-state index contributed by atoms with van der Waals surface area (Å²) in [5, 5.41) is 7.75. The third kappa shape index (κ3) is 2.51. The van der Waals surface area contributed by atoms with Crippen molar-refractivity contribution in [1.29, 1.82) is 5.41 Å². The van der Waals surface area contributed by atoms with E-state index in [0.717, 1.165) is 12.1 Å². The first-order valence-electron chi connectivity index (χ1n) is 3.98. The quantitative estimate of drug-likeness (QED) is 0.571. The van der Waals surface area contributed by atoms with Gasteiger partial charge >= 0.3 is 0 Å². The minimum absolute atomic E-state index is 0.0649. The van der Waals surface area contributed by atoms with Crippen molar-refractivity contribution in [3.63, 3.8) is 0 Å². The average molecular weight is 141 g/mol. The molecule has 0 aromatic carbocycles. The number of hydrogen-bond acceptors (Lipinski definition) is 1. The van der Waals surface area contributed by atoms with Crippen LogP contribution in [0.1, 0.15) is 41.0 Å². The molecule has 0 spiro atoms. The minimum Gasteiger partial charge on any atom is -0.309 e. The smallest absolute Gasteiger partial charge is 0.0171 e. The SMILES string of the molecule is CCC(C)C(=N)C(C)(C)C. The van der Waals surface area contributed by atoms with Gasteiger partial charge in [-0.2, -0.15) is 0 Å². The Balaban J connectivity index is 4.09. The predicted molar refractivity (Wildman–Crippen MR) is 46.6 cm³/mol. The lowest BCUT2D eigenvalue weighted by molar-refractivity contribution is 0.534. The zero-order valence-corrected chi connectivity index (χ0v) is 7.78. The monoisotopic (exact) mass is 141 g/mol. The second-order valence-corrected chi connectivity index (χ2v) is 3.97. The Bertz CT molecular complexity index is 119. The van der Waals surface area contributed by atoms with E-state index in [1.165, 1.54) is 0 Å². The van der Waals surface area contributed by atoms with Crippen LogP contribution in [-0.2, 0) is 0 Å². The Morgan fingerprint density at radius 2 is 1.80 bits per heavy atom. The molecule has 0 aliphatic heterocycles. The van der Waals surface area contributed by atoms with Gasteiger partial charge in [-0.1, -0.05) is 34.6 Å². The van der Waals surface area contributed by atoms with Gasteiger partial charge in [0.15, 0.2) is 0 Å². The van der Waals surface area contributed by atoms with Crippen molar-refractivity contribution in [3.8, 4) is 0 Å². The van der Waals surface area contributed by atoms with Crippen molar-refractivity contribution in [2.75, 3.05) is 0 Å². The maximum absolute atomic E-state index is 7.75. The highest BCUT2D eigenvalue weighted by atomic mass is 14.5. The van der Waals surface area contributed by atoms with E-state index >= 15 is 0 Å². The summed E-state index contributed by atoms with van der Waals surface area (Å²) in [4.78, 5) is 0. The van der Waals surface area contributed by atoms with Crippen molar-refractivity contribution in [2.45, 2.75) is 41.0 Å². The Labute approximate surface area is 64.3 Å². The minimum atomic E-state index is 0.0649. The van der Waals surface area contributed by atoms with Gasteiger partial charge in [0.1, 0.15) is 0 Å². The van der Waals surface area contributed by atoms with Crippen molar-refractivity contribution < 1.29 is 0 Å². The fourth-order valence-electron chi connectivity index (χ4n) is 0.943. The lowest BCUT2D eigenvalue weighted by atomic mass is 9.82. The Morgan fingerprint density at radius 3 is 1.90 bits per heavy atom. The van der Waals surface area contributed by atoms with Gasteiger partial charge < -0.3 is 5.41 Å². The fraction of sp³-hybridized carbons (Fsp3) is 0.889. The molecular formula is C9H19N. The zero-order chi connectivity index (χ0) is 8.36.